The van der Waals surface area contributed by atoms with Gasteiger partial charge in [-0.3, -0.25) is 9.59 Å². The topological polar surface area (TPSA) is 63.1 Å². The zero-order valence-corrected chi connectivity index (χ0v) is 17.4. The third-order valence-electron chi connectivity index (χ3n) is 5.82. The van der Waals surface area contributed by atoms with Crippen LogP contribution in [0.5, 0.6) is 0 Å². The van der Waals surface area contributed by atoms with Gasteiger partial charge in [0, 0.05) is 23.1 Å². The van der Waals surface area contributed by atoms with Crippen LogP contribution in [0.1, 0.15) is 71.0 Å². The van der Waals surface area contributed by atoms with Crippen molar-refractivity contribution in [3.63, 3.8) is 0 Å². The van der Waals surface area contributed by atoms with E-state index in [2.05, 4.69) is 22.1 Å². The van der Waals surface area contributed by atoms with E-state index in [-0.39, 0.29) is 18.4 Å². The molecule has 5 nitrogen and oxygen atoms in total. The lowest BCUT2D eigenvalue weighted by molar-refractivity contribution is -0.115. The molecule has 1 aliphatic rings. The average Bonchev–Trinajstić information content (AvgIpc) is 2.98. The minimum atomic E-state index is -0.216. The van der Waals surface area contributed by atoms with Crippen molar-refractivity contribution in [1.29, 1.82) is 0 Å². The molecule has 0 radical (unpaired) electrons. The predicted molar refractivity (Wildman–Crippen MR) is 113 cm³/mol. The van der Waals surface area contributed by atoms with E-state index in [1.54, 1.807) is 0 Å². The van der Waals surface area contributed by atoms with Crippen LogP contribution in [-0.2, 0) is 4.79 Å². The van der Waals surface area contributed by atoms with Gasteiger partial charge in [-0.15, -0.1) is 0 Å². The lowest BCUT2D eigenvalue weighted by atomic mass is 9.95. The maximum atomic E-state index is 12.7. The van der Waals surface area contributed by atoms with Gasteiger partial charge < -0.3 is 15.2 Å². The highest BCUT2D eigenvalue weighted by Crippen LogP contribution is 2.32. The number of carbonyl (C=O) groups is 2. The second-order valence-electron chi connectivity index (χ2n) is 7.94. The van der Waals surface area contributed by atoms with Gasteiger partial charge in [-0.2, -0.15) is 0 Å². The van der Waals surface area contributed by atoms with Gasteiger partial charge in [0.05, 0.1) is 12.1 Å². The summed E-state index contributed by atoms with van der Waals surface area (Å²) < 4.78 is 2.31. The van der Waals surface area contributed by atoms with Crippen LogP contribution in [0.2, 0.25) is 0 Å². The number of aromatic nitrogens is 1. The van der Waals surface area contributed by atoms with Gasteiger partial charge in [-0.25, -0.2) is 0 Å². The standard InChI is InChI=1S/C23H31N3O2/c1-15-9-8-10-16(2)22(15)25-21(27)14-24-23(28)20-13-17(3)26(18(20)4)19-11-6-5-7-12-19/h8-10,13,19H,5-7,11-12,14H2,1-4H3,(H,24,28)(H,25,27). The number of hydrogen-bond acceptors (Lipinski definition) is 2. The Kier molecular flexibility index (Phi) is 6.22. The summed E-state index contributed by atoms with van der Waals surface area (Å²) in [6, 6.07) is 8.32. The Morgan fingerprint density at radius 3 is 2.32 bits per heavy atom. The minimum absolute atomic E-state index is 0.0420. The number of hydrogen-bond donors (Lipinski definition) is 2. The van der Waals surface area contributed by atoms with E-state index in [1.807, 2.05) is 45.0 Å². The number of carbonyl (C=O) groups excluding carboxylic acids is 2. The maximum Gasteiger partial charge on any atom is 0.253 e. The average molecular weight is 382 g/mol. The van der Waals surface area contributed by atoms with Crippen LogP contribution >= 0.6 is 0 Å². The smallest absolute Gasteiger partial charge is 0.253 e. The first kappa shape index (κ1) is 20.2. The zero-order valence-electron chi connectivity index (χ0n) is 17.4. The van der Waals surface area contributed by atoms with Crippen molar-refractivity contribution < 1.29 is 9.59 Å². The predicted octanol–water partition coefficient (Wildman–Crippen LogP) is 4.60. The Hall–Kier alpha value is -2.56. The highest BCUT2D eigenvalue weighted by molar-refractivity contribution is 6.00. The van der Waals surface area contributed by atoms with Gasteiger partial charge >= 0.3 is 0 Å². The molecule has 28 heavy (non-hydrogen) atoms. The Morgan fingerprint density at radius 2 is 1.68 bits per heavy atom. The molecule has 0 bridgehead atoms. The number of para-hydroxylation sites is 1. The molecule has 0 saturated heterocycles. The van der Waals surface area contributed by atoms with Gasteiger partial charge in [-0.1, -0.05) is 37.5 Å². The molecule has 2 N–H and O–H groups in total. The van der Waals surface area contributed by atoms with Crippen LogP contribution in [0.4, 0.5) is 5.69 Å². The molecule has 1 aromatic carbocycles. The molecule has 150 valence electrons. The highest BCUT2D eigenvalue weighted by Gasteiger charge is 2.22. The molecular weight excluding hydrogens is 350 g/mol. The summed E-state index contributed by atoms with van der Waals surface area (Å²) in [7, 11) is 0. The van der Waals surface area contributed by atoms with Gasteiger partial charge in [0.1, 0.15) is 0 Å². The summed E-state index contributed by atoms with van der Waals surface area (Å²) in [6.07, 6.45) is 6.16. The molecule has 2 aromatic rings. The van der Waals surface area contributed by atoms with Crippen molar-refractivity contribution >= 4 is 17.5 Å². The summed E-state index contributed by atoms with van der Waals surface area (Å²) in [5.41, 5.74) is 5.62. The van der Waals surface area contributed by atoms with Crippen molar-refractivity contribution in [2.75, 3.05) is 11.9 Å². The van der Waals surface area contributed by atoms with Crippen molar-refractivity contribution in [3.8, 4) is 0 Å². The van der Waals surface area contributed by atoms with Gasteiger partial charge in [0.15, 0.2) is 0 Å². The number of rotatable bonds is 5. The van der Waals surface area contributed by atoms with Crippen LogP contribution < -0.4 is 10.6 Å². The second-order valence-corrected chi connectivity index (χ2v) is 7.94. The Bertz CT molecular complexity index is 856. The second kappa shape index (κ2) is 8.63. The molecule has 1 heterocycles. The molecule has 5 heteroatoms. The zero-order chi connectivity index (χ0) is 20.3. The quantitative estimate of drug-likeness (QED) is 0.795. The summed E-state index contributed by atoms with van der Waals surface area (Å²) in [6.45, 7) is 7.95. The van der Waals surface area contributed by atoms with Gasteiger partial charge in [0.2, 0.25) is 5.91 Å². The SMILES string of the molecule is Cc1cccc(C)c1NC(=O)CNC(=O)c1cc(C)n(C2CCCCC2)c1C. The fourth-order valence-corrected chi connectivity index (χ4v) is 4.36. The summed E-state index contributed by atoms with van der Waals surface area (Å²) in [5.74, 6) is -0.404. The molecule has 3 rings (SSSR count). The molecule has 1 aromatic heterocycles. The number of nitrogens with one attached hydrogen (secondary N) is 2. The molecule has 1 fully saturated rings. The minimum Gasteiger partial charge on any atom is -0.345 e. The number of amides is 2. The highest BCUT2D eigenvalue weighted by atomic mass is 16.2. The summed E-state index contributed by atoms with van der Waals surface area (Å²) >= 11 is 0. The first-order chi connectivity index (χ1) is 13.4. The molecule has 0 atom stereocenters. The molecule has 0 unspecified atom stereocenters. The Balaban J connectivity index is 1.64. The van der Waals surface area contributed by atoms with E-state index >= 15 is 0 Å². The molecule has 1 saturated carbocycles. The molecule has 0 spiro atoms. The van der Waals surface area contributed by atoms with E-state index in [4.69, 9.17) is 0 Å². The number of aryl methyl sites for hydroxylation is 3. The van der Waals surface area contributed by atoms with Crippen LogP contribution in [0.25, 0.3) is 0 Å². The van der Waals surface area contributed by atoms with Crippen LogP contribution in [0, 0.1) is 27.7 Å². The van der Waals surface area contributed by atoms with E-state index in [0.29, 0.717) is 11.6 Å². The number of anilines is 1. The number of benzene rings is 1. The maximum absolute atomic E-state index is 12.7. The van der Waals surface area contributed by atoms with E-state index in [9.17, 15) is 9.59 Å². The van der Waals surface area contributed by atoms with E-state index in [0.717, 1.165) is 28.2 Å². The lowest BCUT2D eigenvalue weighted by Gasteiger charge is -2.26. The molecule has 2 amide bonds. The van der Waals surface area contributed by atoms with Crippen LogP contribution in [0.3, 0.4) is 0 Å². The monoisotopic (exact) mass is 381 g/mol. The van der Waals surface area contributed by atoms with Crippen LogP contribution in [0.15, 0.2) is 24.3 Å². The lowest BCUT2D eigenvalue weighted by Crippen LogP contribution is -2.33. The molecule has 0 aliphatic heterocycles. The van der Waals surface area contributed by atoms with E-state index < -0.39 is 0 Å². The Labute approximate surface area is 167 Å². The Morgan fingerprint density at radius 1 is 1.04 bits per heavy atom. The van der Waals surface area contributed by atoms with E-state index in [1.165, 1.54) is 32.1 Å². The first-order valence-electron chi connectivity index (χ1n) is 10.2. The summed E-state index contributed by atoms with van der Waals surface area (Å²) in [4.78, 5) is 25.0. The largest absolute Gasteiger partial charge is 0.345 e. The molecule has 1 aliphatic carbocycles. The fraction of sp³-hybridized carbons (Fsp3) is 0.478. The summed E-state index contributed by atoms with van der Waals surface area (Å²) in [5, 5.41) is 5.69. The van der Waals surface area contributed by atoms with Crippen molar-refractivity contribution in [2.45, 2.75) is 65.8 Å². The van der Waals surface area contributed by atoms with Gasteiger partial charge in [-0.05, 0) is 57.7 Å². The van der Waals surface area contributed by atoms with Crippen molar-refractivity contribution in [1.82, 2.24) is 9.88 Å². The van der Waals surface area contributed by atoms with Gasteiger partial charge in [0.25, 0.3) is 5.91 Å². The fourth-order valence-electron chi connectivity index (χ4n) is 4.36. The molecular formula is C23H31N3O2. The number of nitrogens with zero attached hydrogens (tertiary/aromatic N) is 1. The third kappa shape index (κ3) is 4.29. The van der Waals surface area contributed by atoms with Crippen LogP contribution in [-0.4, -0.2) is 22.9 Å². The first-order valence-corrected chi connectivity index (χ1v) is 10.2. The third-order valence-corrected chi connectivity index (χ3v) is 5.82. The van der Waals surface area contributed by atoms with Crippen molar-refractivity contribution in [2.24, 2.45) is 0 Å². The normalized spacial score (nSPS) is 14.7. The van der Waals surface area contributed by atoms with Crippen molar-refractivity contribution in [3.05, 3.63) is 52.3 Å².